The topological polar surface area (TPSA) is 125 Å². The molecule has 200 valence electrons. The summed E-state index contributed by atoms with van der Waals surface area (Å²) in [6, 6.07) is 8.34. The number of aryl methyl sites for hydroxylation is 1. The number of anilines is 2. The fraction of sp³-hybridized carbons (Fsp3) is 0.393. The Balaban J connectivity index is 1.63. The van der Waals surface area contributed by atoms with Crippen LogP contribution in [0.1, 0.15) is 52.2 Å². The molecule has 1 aromatic carbocycles. The van der Waals surface area contributed by atoms with E-state index < -0.39 is 5.91 Å². The normalized spacial score (nSPS) is 17.1. The van der Waals surface area contributed by atoms with Crippen molar-refractivity contribution in [1.82, 2.24) is 14.8 Å². The first kappa shape index (κ1) is 26.8. The number of hydrogen-bond acceptors (Lipinski definition) is 6. The number of carbonyl (C=O) groups excluding carboxylic acids is 4. The van der Waals surface area contributed by atoms with Crippen LogP contribution in [0.5, 0.6) is 0 Å². The summed E-state index contributed by atoms with van der Waals surface area (Å²) < 4.78 is 5.89. The molecule has 1 aliphatic carbocycles. The van der Waals surface area contributed by atoms with Crippen molar-refractivity contribution in [2.75, 3.05) is 38.8 Å². The molecule has 0 aliphatic heterocycles. The van der Waals surface area contributed by atoms with Gasteiger partial charge < -0.3 is 24.9 Å². The molecule has 0 radical (unpaired) electrons. The van der Waals surface area contributed by atoms with Gasteiger partial charge in [0.1, 0.15) is 17.1 Å². The Morgan fingerprint density at radius 2 is 1.58 bits per heavy atom. The largest absolute Gasteiger partial charge is 0.449 e. The summed E-state index contributed by atoms with van der Waals surface area (Å²) in [4.78, 5) is 58.8. The number of aromatic nitrogens is 1. The smallest absolute Gasteiger partial charge is 0.294 e. The van der Waals surface area contributed by atoms with E-state index in [1.54, 1.807) is 63.6 Å². The summed E-state index contributed by atoms with van der Waals surface area (Å²) in [5.74, 6) is -1.12. The Bertz CT molecular complexity index is 1370. The first-order valence-corrected chi connectivity index (χ1v) is 12.6. The monoisotopic (exact) mass is 519 g/mol. The number of nitrogens with one attached hydrogen (secondary N) is 2. The lowest BCUT2D eigenvalue weighted by Crippen LogP contribution is -2.35. The number of furan rings is 1. The first-order chi connectivity index (χ1) is 18.0. The van der Waals surface area contributed by atoms with Gasteiger partial charge in [-0.25, -0.2) is 4.98 Å². The molecule has 1 aliphatic rings. The number of carbonyl (C=O) groups is 4. The SMILES string of the molecule is Cc1ccc(NC(=O)c2oc3ccc(C(=O)N(C)C)cc3c2NC(=O)C2CCC(C(=O)N(C)C)CC2)nc1. The van der Waals surface area contributed by atoms with Gasteiger partial charge >= 0.3 is 0 Å². The van der Waals surface area contributed by atoms with Crippen LogP contribution in [0.4, 0.5) is 11.5 Å². The molecule has 0 bridgehead atoms. The number of fused-ring (bicyclic) bond motifs is 1. The summed E-state index contributed by atoms with van der Waals surface area (Å²) >= 11 is 0. The summed E-state index contributed by atoms with van der Waals surface area (Å²) in [5.41, 5.74) is 1.90. The minimum Gasteiger partial charge on any atom is -0.449 e. The van der Waals surface area contributed by atoms with Crippen molar-refractivity contribution in [3.63, 3.8) is 0 Å². The Kier molecular flexibility index (Phi) is 7.80. The molecule has 3 aromatic rings. The molecule has 1 saturated carbocycles. The first-order valence-electron chi connectivity index (χ1n) is 12.6. The van der Waals surface area contributed by atoms with E-state index in [4.69, 9.17) is 4.42 Å². The second kappa shape index (κ2) is 11.0. The number of hydrogen-bond donors (Lipinski definition) is 2. The minimum atomic E-state index is -0.575. The predicted molar refractivity (Wildman–Crippen MR) is 144 cm³/mol. The molecular weight excluding hydrogens is 486 g/mol. The van der Waals surface area contributed by atoms with Crippen LogP contribution in [0, 0.1) is 18.8 Å². The van der Waals surface area contributed by atoms with Crippen molar-refractivity contribution < 1.29 is 23.6 Å². The van der Waals surface area contributed by atoms with Crippen LogP contribution in [0.2, 0.25) is 0 Å². The maximum Gasteiger partial charge on any atom is 0.294 e. The van der Waals surface area contributed by atoms with Gasteiger partial charge in [-0.3, -0.25) is 19.2 Å². The molecule has 4 amide bonds. The van der Waals surface area contributed by atoms with Crippen LogP contribution in [0.25, 0.3) is 11.0 Å². The molecule has 0 unspecified atom stereocenters. The van der Waals surface area contributed by atoms with Gasteiger partial charge in [-0.05, 0) is 62.4 Å². The van der Waals surface area contributed by atoms with E-state index in [0.717, 1.165) is 5.56 Å². The van der Waals surface area contributed by atoms with Gasteiger partial charge in [-0.1, -0.05) is 6.07 Å². The second-order valence-corrected chi connectivity index (χ2v) is 10.2. The Morgan fingerprint density at radius 3 is 2.18 bits per heavy atom. The quantitative estimate of drug-likeness (QED) is 0.509. The number of rotatable bonds is 6. The van der Waals surface area contributed by atoms with Gasteiger partial charge in [-0.2, -0.15) is 0 Å². The highest BCUT2D eigenvalue weighted by Crippen LogP contribution is 2.35. The molecule has 4 rings (SSSR count). The molecule has 0 atom stereocenters. The van der Waals surface area contributed by atoms with Crippen molar-refractivity contribution >= 4 is 46.1 Å². The van der Waals surface area contributed by atoms with E-state index in [9.17, 15) is 19.2 Å². The summed E-state index contributed by atoms with van der Waals surface area (Å²) in [6.07, 6.45) is 3.99. The van der Waals surface area contributed by atoms with Crippen LogP contribution in [-0.4, -0.2) is 66.6 Å². The number of amides is 4. The van der Waals surface area contributed by atoms with Gasteiger partial charge in [0.15, 0.2) is 0 Å². The van der Waals surface area contributed by atoms with E-state index in [1.807, 2.05) is 13.0 Å². The van der Waals surface area contributed by atoms with Crippen LogP contribution in [-0.2, 0) is 9.59 Å². The molecule has 2 N–H and O–H groups in total. The van der Waals surface area contributed by atoms with Gasteiger partial charge in [0, 0.05) is 57.2 Å². The van der Waals surface area contributed by atoms with Crippen molar-refractivity contribution in [2.45, 2.75) is 32.6 Å². The van der Waals surface area contributed by atoms with Gasteiger partial charge in [0.05, 0.1) is 0 Å². The average Bonchev–Trinajstić information content (AvgIpc) is 3.26. The third-order valence-corrected chi connectivity index (χ3v) is 6.84. The van der Waals surface area contributed by atoms with E-state index in [2.05, 4.69) is 15.6 Å². The Morgan fingerprint density at radius 1 is 0.895 bits per heavy atom. The van der Waals surface area contributed by atoms with Crippen molar-refractivity contribution in [2.24, 2.45) is 11.8 Å². The Hall–Kier alpha value is -4.21. The van der Waals surface area contributed by atoms with E-state index in [1.165, 1.54) is 4.90 Å². The molecule has 2 heterocycles. The zero-order valence-electron chi connectivity index (χ0n) is 22.3. The summed E-state index contributed by atoms with van der Waals surface area (Å²) in [7, 11) is 6.77. The molecule has 10 nitrogen and oxygen atoms in total. The maximum absolute atomic E-state index is 13.3. The fourth-order valence-electron chi connectivity index (χ4n) is 4.68. The molecule has 0 spiro atoms. The molecule has 0 saturated heterocycles. The van der Waals surface area contributed by atoms with Gasteiger partial charge in [0.2, 0.25) is 17.6 Å². The van der Waals surface area contributed by atoms with E-state index in [-0.39, 0.29) is 41.0 Å². The highest BCUT2D eigenvalue weighted by atomic mass is 16.3. The molecule has 2 aromatic heterocycles. The number of benzene rings is 1. The third kappa shape index (κ3) is 5.69. The van der Waals surface area contributed by atoms with Crippen molar-refractivity contribution in [1.29, 1.82) is 0 Å². The van der Waals surface area contributed by atoms with Crippen molar-refractivity contribution in [3.8, 4) is 0 Å². The maximum atomic E-state index is 13.3. The zero-order chi connectivity index (χ0) is 27.6. The Labute approximate surface area is 221 Å². The average molecular weight is 520 g/mol. The highest BCUT2D eigenvalue weighted by molar-refractivity contribution is 6.15. The fourth-order valence-corrected chi connectivity index (χ4v) is 4.68. The third-order valence-electron chi connectivity index (χ3n) is 6.84. The number of nitrogens with zero attached hydrogens (tertiary/aromatic N) is 3. The minimum absolute atomic E-state index is 0.0754. The zero-order valence-corrected chi connectivity index (χ0v) is 22.3. The standard InChI is InChI=1S/C28H33N5O5/c1-16-6-13-22(29-15-16)30-26(35)24-23(20-14-19(28(37)33(4)5)11-12-21(20)38-24)31-25(34)17-7-9-18(10-8-17)27(36)32(2)3/h6,11-15,17-18H,7-10H2,1-5H3,(H,31,34)(H,29,30,35). The lowest BCUT2D eigenvalue weighted by Gasteiger charge is -2.28. The molecule has 10 heteroatoms. The predicted octanol–water partition coefficient (Wildman–Crippen LogP) is 3.92. The second-order valence-electron chi connectivity index (χ2n) is 10.2. The van der Waals surface area contributed by atoms with Crippen LogP contribution < -0.4 is 10.6 Å². The van der Waals surface area contributed by atoms with E-state index in [0.29, 0.717) is 48.0 Å². The van der Waals surface area contributed by atoms with Gasteiger partial charge in [0.25, 0.3) is 11.8 Å². The lowest BCUT2D eigenvalue weighted by molar-refractivity contribution is -0.135. The summed E-state index contributed by atoms with van der Waals surface area (Å²) in [6.45, 7) is 1.89. The molecule has 1 fully saturated rings. The van der Waals surface area contributed by atoms with Crippen molar-refractivity contribution in [3.05, 3.63) is 53.4 Å². The van der Waals surface area contributed by atoms with Crippen LogP contribution in [0.15, 0.2) is 40.9 Å². The number of pyridine rings is 1. The lowest BCUT2D eigenvalue weighted by atomic mass is 9.81. The molecular formula is C28H33N5O5. The van der Waals surface area contributed by atoms with Crippen LogP contribution >= 0.6 is 0 Å². The van der Waals surface area contributed by atoms with E-state index >= 15 is 0 Å². The summed E-state index contributed by atoms with van der Waals surface area (Å²) in [5, 5.41) is 6.07. The van der Waals surface area contributed by atoms with Gasteiger partial charge in [-0.15, -0.1) is 0 Å². The van der Waals surface area contributed by atoms with Crippen LogP contribution in [0.3, 0.4) is 0 Å². The molecule has 38 heavy (non-hydrogen) atoms. The highest BCUT2D eigenvalue weighted by Gasteiger charge is 2.32.